The summed E-state index contributed by atoms with van der Waals surface area (Å²) in [5.41, 5.74) is 1.45. The third-order valence-electron chi connectivity index (χ3n) is 3.08. The Morgan fingerprint density at radius 2 is 1.73 bits per heavy atom. The maximum atomic E-state index is 12.9. The van der Waals surface area contributed by atoms with Crippen molar-refractivity contribution in [2.75, 3.05) is 5.32 Å². The van der Waals surface area contributed by atoms with Gasteiger partial charge in [0.05, 0.1) is 5.69 Å². The Balaban J connectivity index is 1.80. The van der Waals surface area contributed by atoms with Crippen LogP contribution in [-0.2, 0) is 0 Å². The van der Waals surface area contributed by atoms with Crippen LogP contribution in [0.4, 0.5) is 10.1 Å². The molecule has 0 saturated carbocycles. The molecule has 1 heterocycles. The zero-order valence-corrected chi connectivity index (χ0v) is 13.5. The average Bonchev–Trinajstić information content (AvgIpc) is 3.00. The SMILES string of the molecule is O=C(Nc1ccccc1I)c1ccc(-c2ccc(F)cc2)o1. The summed E-state index contributed by atoms with van der Waals surface area (Å²) in [7, 11) is 0. The summed E-state index contributed by atoms with van der Waals surface area (Å²) in [6.07, 6.45) is 0. The second kappa shape index (κ2) is 6.31. The van der Waals surface area contributed by atoms with Crippen LogP contribution >= 0.6 is 22.6 Å². The standard InChI is InChI=1S/C17H11FINO2/c18-12-7-5-11(6-8-12)15-9-10-16(22-15)17(21)20-14-4-2-1-3-13(14)19/h1-10H,(H,20,21). The molecule has 3 rings (SSSR count). The van der Waals surface area contributed by atoms with E-state index >= 15 is 0 Å². The van der Waals surface area contributed by atoms with Gasteiger partial charge >= 0.3 is 0 Å². The van der Waals surface area contributed by atoms with E-state index in [4.69, 9.17) is 4.42 Å². The van der Waals surface area contributed by atoms with Crippen LogP contribution in [0.2, 0.25) is 0 Å². The first kappa shape index (κ1) is 14.8. The van der Waals surface area contributed by atoms with Gasteiger partial charge in [0.1, 0.15) is 11.6 Å². The molecule has 0 saturated heterocycles. The van der Waals surface area contributed by atoms with E-state index in [2.05, 4.69) is 27.9 Å². The number of carbonyl (C=O) groups is 1. The molecule has 1 amide bonds. The van der Waals surface area contributed by atoms with Crippen LogP contribution in [0.25, 0.3) is 11.3 Å². The van der Waals surface area contributed by atoms with Gasteiger partial charge in [-0.05, 0) is 71.1 Å². The van der Waals surface area contributed by atoms with Crippen molar-refractivity contribution >= 4 is 34.2 Å². The minimum Gasteiger partial charge on any atom is -0.451 e. The number of rotatable bonds is 3. The van der Waals surface area contributed by atoms with Crippen LogP contribution < -0.4 is 5.32 Å². The van der Waals surface area contributed by atoms with E-state index in [0.717, 1.165) is 14.8 Å². The molecule has 0 aliphatic rings. The molecule has 1 aromatic heterocycles. The number of benzene rings is 2. The van der Waals surface area contributed by atoms with Crippen LogP contribution in [0.15, 0.2) is 65.1 Å². The molecule has 0 radical (unpaired) electrons. The number of para-hydroxylation sites is 1. The van der Waals surface area contributed by atoms with Crippen molar-refractivity contribution in [1.82, 2.24) is 0 Å². The number of carbonyl (C=O) groups excluding carboxylic acids is 1. The van der Waals surface area contributed by atoms with E-state index in [9.17, 15) is 9.18 Å². The molecule has 0 spiro atoms. The topological polar surface area (TPSA) is 42.2 Å². The molecule has 3 nitrogen and oxygen atoms in total. The molecular formula is C17H11FINO2. The molecular weight excluding hydrogens is 396 g/mol. The van der Waals surface area contributed by atoms with Crippen LogP contribution in [0, 0.1) is 9.39 Å². The van der Waals surface area contributed by atoms with Crippen LogP contribution in [0.5, 0.6) is 0 Å². The highest BCUT2D eigenvalue weighted by atomic mass is 127. The molecule has 5 heteroatoms. The molecule has 22 heavy (non-hydrogen) atoms. The van der Waals surface area contributed by atoms with E-state index in [1.54, 1.807) is 24.3 Å². The quantitative estimate of drug-likeness (QED) is 0.625. The van der Waals surface area contributed by atoms with Gasteiger partial charge in [0.25, 0.3) is 5.91 Å². The maximum Gasteiger partial charge on any atom is 0.291 e. The molecule has 0 fully saturated rings. The van der Waals surface area contributed by atoms with Crippen molar-refractivity contribution in [2.45, 2.75) is 0 Å². The average molecular weight is 407 g/mol. The lowest BCUT2D eigenvalue weighted by Gasteiger charge is -2.05. The summed E-state index contributed by atoms with van der Waals surface area (Å²) in [5, 5.41) is 2.80. The molecule has 0 aliphatic heterocycles. The predicted octanol–water partition coefficient (Wildman–Crippen LogP) is 4.94. The van der Waals surface area contributed by atoms with E-state index in [0.29, 0.717) is 5.76 Å². The molecule has 110 valence electrons. The lowest BCUT2D eigenvalue weighted by molar-refractivity contribution is 0.0997. The highest BCUT2D eigenvalue weighted by Crippen LogP contribution is 2.24. The van der Waals surface area contributed by atoms with Crippen LogP contribution in [0.1, 0.15) is 10.6 Å². The van der Waals surface area contributed by atoms with Crippen LogP contribution in [0.3, 0.4) is 0 Å². The van der Waals surface area contributed by atoms with Crippen molar-refractivity contribution in [2.24, 2.45) is 0 Å². The molecule has 0 unspecified atom stereocenters. The minimum absolute atomic E-state index is 0.207. The Morgan fingerprint density at radius 3 is 2.45 bits per heavy atom. The fourth-order valence-corrected chi connectivity index (χ4v) is 2.50. The van der Waals surface area contributed by atoms with Gasteiger partial charge in [-0.2, -0.15) is 0 Å². The molecule has 0 aliphatic carbocycles. The first-order chi connectivity index (χ1) is 10.6. The molecule has 0 bridgehead atoms. The predicted molar refractivity (Wildman–Crippen MR) is 91.2 cm³/mol. The Bertz CT molecular complexity index is 812. The van der Waals surface area contributed by atoms with E-state index in [1.165, 1.54) is 12.1 Å². The van der Waals surface area contributed by atoms with Gasteiger partial charge in [-0.3, -0.25) is 4.79 Å². The fraction of sp³-hybridized carbons (Fsp3) is 0. The molecule has 3 aromatic rings. The van der Waals surface area contributed by atoms with Crippen molar-refractivity contribution in [3.8, 4) is 11.3 Å². The molecule has 0 atom stereocenters. The zero-order valence-electron chi connectivity index (χ0n) is 11.3. The first-order valence-electron chi connectivity index (χ1n) is 6.55. The lowest BCUT2D eigenvalue weighted by Crippen LogP contribution is -2.11. The number of hydrogen-bond acceptors (Lipinski definition) is 2. The summed E-state index contributed by atoms with van der Waals surface area (Å²) in [5.74, 6) is 0.0938. The third-order valence-corrected chi connectivity index (χ3v) is 4.02. The van der Waals surface area contributed by atoms with Crippen molar-refractivity contribution in [3.63, 3.8) is 0 Å². The summed E-state index contributed by atoms with van der Waals surface area (Å²) >= 11 is 2.15. The minimum atomic E-state index is -0.322. The van der Waals surface area contributed by atoms with Gasteiger partial charge < -0.3 is 9.73 Å². The Kier molecular flexibility index (Phi) is 4.24. The van der Waals surface area contributed by atoms with E-state index < -0.39 is 0 Å². The smallest absolute Gasteiger partial charge is 0.291 e. The Morgan fingerprint density at radius 1 is 1.00 bits per heavy atom. The number of furan rings is 1. The van der Waals surface area contributed by atoms with Gasteiger partial charge in [-0.25, -0.2) is 4.39 Å². The second-order valence-corrected chi connectivity index (χ2v) is 5.77. The Hall–Kier alpha value is -2.15. The Labute approximate surface area is 140 Å². The third kappa shape index (κ3) is 3.19. The number of halogens is 2. The number of anilines is 1. The first-order valence-corrected chi connectivity index (χ1v) is 7.63. The van der Waals surface area contributed by atoms with E-state index in [1.807, 2.05) is 24.3 Å². The van der Waals surface area contributed by atoms with E-state index in [-0.39, 0.29) is 17.5 Å². The van der Waals surface area contributed by atoms with Crippen molar-refractivity contribution in [3.05, 3.63) is 75.8 Å². The lowest BCUT2D eigenvalue weighted by atomic mass is 10.2. The second-order valence-electron chi connectivity index (χ2n) is 4.60. The van der Waals surface area contributed by atoms with Crippen LogP contribution in [-0.4, -0.2) is 5.91 Å². The van der Waals surface area contributed by atoms with Crippen molar-refractivity contribution in [1.29, 1.82) is 0 Å². The number of amides is 1. The summed E-state index contributed by atoms with van der Waals surface area (Å²) in [4.78, 5) is 12.2. The van der Waals surface area contributed by atoms with Crippen molar-refractivity contribution < 1.29 is 13.6 Å². The zero-order chi connectivity index (χ0) is 15.5. The van der Waals surface area contributed by atoms with Gasteiger partial charge in [0.2, 0.25) is 0 Å². The largest absolute Gasteiger partial charge is 0.451 e. The highest BCUT2D eigenvalue weighted by molar-refractivity contribution is 14.1. The normalized spacial score (nSPS) is 10.5. The van der Waals surface area contributed by atoms with Gasteiger partial charge in [0.15, 0.2) is 5.76 Å². The summed E-state index contributed by atoms with van der Waals surface area (Å²) in [6.45, 7) is 0. The fourth-order valence-electron chi connectivity index (χ4n) is 1.98. The summed E-state index contributed by atoms with van der Waals surface area (Å²) in [6, 6.07) is 16.7. The van der Waals surface area contributed by atoms with Gasteiger partial charge in [-0.1, -0.05) is 12.1 Å². The van der Waals surface area contributed by atoms with Gasteiger partial charge in [-0.15, -0.1) is 0 Å². The summed E-state index contributed by atoms with van der Waals surface area (Å²) < 4.78 is 19.4. The molecule has 1 N–H and O–H groups in total. The maximum absolute atomic E-state index is 12.9. The monoisotopic (exact) mass is 407 g/mol. The molecule has 2 aromatic carbocycles. The highest BCUT2D eigenvalue weighted by Gasteiger charge is 2.13. The number of hydrogen-bond donors (Lipinski definition) is 1. The van der Waals surface area contributed by atoms with Gasteiger partial charge in [0, 0.05) is 9.13 Å². The number of nitrogens with one attached hydrogen (secondary N) is 1.